The molecule has 1 amide bonds. The Bertz CT molecular complexity index is 1200. The van der Waals surface area contributed by atoms with Gasteiger partial charge in [0.05, 0.1) is 35.8 Å². The number of aliphatic hydroxyl groups is 2. The SMILES string of the molecule is NC(=O)CN1Cc2cc(-c3cccc(C(O)CO)n3)ccc2Oc2ccc(C(F)(F)F)cc21. The summed E-state index contributed by atoms with van der Waals surface area (Å²) in [4.78, 5) is 17.5. The fraction of sp³-hybridized carbons (Fsp3) is 0.217. The first-order valence-electron chi connectivity index (χ1n) is 9.97. The molecule has 0 bridgehead atoms. The summed E-state index contributed by atoms with van der Waals surface area (Å²) in [7, 11) is 0. The van der Waals surface area contributed by atoms with E-state index in [1.165, 1.54) is 11.0 Å². The van der Waals surface area contributed by atoms with Crippen molar-refractivity contribution in [3.05, 3.63) is 71.4 Å². The third-order valence-electron chi connectivity index (χ3n) is 5.20. The fourth-order valence-electron chi connectivity index (χ4n) is 3.62. The molecule has 2 heterocycles. The van der Waals surface area contributed by atoms with E-state index in [0.717, 1.165) is 12.1 Å². The van der Waals surface area contributed by atoms with Crippen molar-refractivity contribution in [3.63, 3.8) is 0 Å². The average molecular weight is 459 g/mol. The maximum Gasteiger partial charge on any atom is 0.416 e. The maximum absolute atomic E-state index is 13.3. The summed E-state index contributed by atoms with van der Waals surface area (Å²) in [6, 6.07) is 13.2. The van der Waals surface area contributed by atoms with Crippen LogP contribution in [0.5, 0.6) is 11.5 Å². The van der Waals surface area contributed by atoms with Crippen molar-refractivity contribution in [3.8, 4) is 22.8 Å². The van der Waals surface area contributed by atoms with Gasteiger partial charge >= 0.3 is 6.18 Å². The standard InChI is InChI=1S/C23H20F3N3O4/c24-23(25,26)15-5-7-21-18(9-15)29(11-22(27)32)10-14-8-13(4-6-20(14)33-21)16-2-1-3-17(28-16)19(31)12-30/h1-9,19,30-31H,10-12H2,(H2,27,32). The molecule has 0 spiro atoms. The van der Waals surface area contributed by atoms with Crippen molar-refractivity contribution in [2.75, 3.05) is 18.1 Å². The molecule has 1 aliphatic rings. The molecule has 3 aromatic rings. The van der Waals surface area contributed by atoms with Gasteiger partial charge in [-0.2, -0.15) is 13.2 Å². The van der Waals surface area contributed by atoms with Crippen LogP contribution in [0.1, 0.15) is 22.9 Å². The van der Waals surface area contributed by atoms with E-state index in [-0.39, 0.29) is 24.5 Å². The van der Waals surface area contributed by atoms with Gasteiger partial charge < -0.3 is 25.6 Å². The lowest BCUT2D eigenvalue weighted by molar-refractivity contribution is -0.137. The molecule has 1 atom stereocenters. The Morgan fingerprint density at radius 1 is 1.15 bits per heavy atom. The minimum atomic E-state index is -4.56. The lowest BCUT2D eigenvalue weighted by Crippen LogP contribution is -2.33. The number of fused-ring (bicyclic) bond motifs is 2. The zero-order chi connectivity index (χ0) is 23.8. The number of nitrogens with two attached hydrogens (primary N) is 1. The Kier molecular flexibility index (Phi) is 5.96. The molecule has 1 unspecified atom stereocenters. The molecular weight excluding hydrogens is 439 g/mol. The number of aromatic nitrogens is 1. The zero-order valence-corrected chi connectivity index (χ0v) is 17.2. The lowest BCUT2D eigenvalue weighted by atomic mass is 10.0. The first kappa shape index (κ1) is 22.6. The molecule has 7 nitrogen and oxygen atoms in total. The summed E-state index contributed by atoms with van der Waals surface area (Å²) < 4.78 is 45.7. The number of nitrogens with zero attached hydrogens (tertiary/aromatic N) is 2. The van der Waals surface area contributed by atoms with Gasteiger partial charge in [-0.25, -0.2) is 4.98 Å². The molecule has 1 aromatic heterocycles. The number of halogens is 3. The summed E-state index contributed by atoms with van der Waals surface area (Å²) in [5.74, 6) is -0.120. The zero-order valence-electron chi connectivity index (χ0n) is 17.2. The number of rotatable bonds is 5. The predicted molar refractivity (Wildman–Crippen MR) is 113 cm³/mol. The number of pyridine rings is 1. The first-order valence-corrected chi connectivity index (χ1v) is 9.97. The summed E-state index contributed by atoms with van der Waals surface area (Å²) in [6.45, 7) is -0.716. The molecule has 33 heavy (non-hydrogen) atoms. The number of primary amides is 1. The van der Waals surface area contributed by atoms with Crippen LogP contribution in [0.3, 0.4) is 0 Å². The highest BCUT2D eigenvalue weighted by Crippen LogP contribution is 2.43. The van der Waals surface area contributed by atoms with Crippen LogP contribution in [0, 0.1) is 0 Å². The predicted octanol–water partition coefficient (Wildman–Crippen LogP) is 3.39. The van der Waals surface area contributed by atoms with E-state index in [9.17, 15) is 28.2 Å². The van der Waals surface area contributed by atoms with E-state index in [2.05, 4.69) is 4.98 Å². The molecule has 172 valence electrons. The van der Waals surface area contributed by atoms with Gasteiger partial charge in [0, 0.05) is 17.7 Å². The van der Waals surface area contributed by atoms with Crippen molar-refractivity contribution < 1.29 is 32.9 Å². The van der Waals surface area contributed by atoms with Crippen LogP contribution in [0.2, 0.25) is 0 Å². The second-order valence-corrected chi connectivity index (χ2v) is 7.57. The van der Waals surface area contributed by atoms with Crippen LogP contribution in [-0.2, 0) is 17.5 Å². The van der Waals surface area contributed by atoms with Gasteiger partial charge in [-0.1, -0.05) is 6.07 Å². The second kappa shape index (κ2) is 8.72. The van der Waals surface area contributed by atoms with E-state index in [1.54, 1.807) is 36.4 Å². The minimum Gasteiger partial charge on any atom is -0.455 e. The Hall–Kier alpha value is -3.63. The highest BCUT2D eigenvalue weighted by Gasteiger charge is 2.33. The molecule has 0 aliphatic carbocycles. The summed E-state index contributed by atoms with van der Waals surface area (Å²) in [5.41, 5.74) is 6.67. The van der Waals surface area contributed by atoms with E-state index in [0.29, 0.717) is 28.3 Å². The van der Waals surface area contributed by atoms with Crippen LogP contribution in [-0.4, -0.2) is 34.3 Å². The third-order valence-corrected chi connectivity index (χ3v) is 5.20. The molecule has 4 rings (SSSR count). The summed E-state index contributed by atoms with van der Waals surface area (Å²) >= 11 is 0. The maximum atomic E-state index is 13.3. The highest BCUT2D eigenvalue weighted by atomic mass is 19.4. The Balaban J connectivity index is 1.76. The van der Waals surface area contributed by atoms with Crippen LogP contribution in [0.25, 0.3) is 11.3 Å². The van der Waals surface area contributed by atoms with Crippen molar-refractivity contribution in [1.29, 1.82) is 0 Å². The van der Waals surface area contributed by atoms with Crippen LogP contribution < -0.4 is 15.4 Å². The van der Waals surface area contributed by atoms with Gasteiger partial charge in [0.25, 0.3) is 0 Å². The molecular formula is C23H20F3N3O4. The topological polar surface area (TPSA) is 109 Å². The molecule has 0 fully saturated rings. The number of ether oxygens (including phenoxy) is 1. The molecule has 1 aliphatic heterocycles. The van der Waals surface area contributed by atoms with Crippen LogP contribution in [0.15, 0.2) is 54.6 Å². The number of carbonyl (C=O) groups excluding carboxylic acids is 1. The van der Waals surface area contributed by atoms with Crippen molar-refractivity contribution in [2.24, 2.45) is 5.73 Å². The molecule has 0 radical (unpaired) electrons. The minimum absolute atomic E-state index is 0.0688. The number of benzene rings is 2. The van der Waals surface area contributed by atoms with Crippen LogP contribution in [0.4, 0.5) is 18.9 Å². The van der Waals surface area contributed by atoms with E-state index in [4.69, 9.17) is 10.5 Å². The molecule has 2 aromatic carbocycles. The van der Waals surface area contributed by atoms with Crippen molar-refractivity contribution in [1.82, 2.24) is 4.98 Å². The fourth-order valence-corrected chi connectivity index (χ4v) is 3.62. The highest BCUT2D eigenvalue weighted by molar-refractivity contribution is 5.81. The second-order valence-electron chi connectivity index (χ2n) is 7.57. The summed E-state index contributed by atoms with van der Waals surface area (Å²) in [5, 5.41) is 19.0. The monoisotopic (exact) mass is 459 g/mol. The van der Waals surface area contributed by atoms with Crippen molar-refractivity contribution >= 4 is 11.6 Å². The van der Waals surface area contributed by atoms with Gasteiger partial charge in [-0.15, -0.1) is 0 Å². The van der Waals surface area contributed by atoms with Gasteiger partial charge in [-0.05, 0) is 48.5 Å². The van der Waals surface area contributed by atoms with Gasteiger partial charge in [0.1, 0.15) is 11.9 Å². The lowest BCUT2D eigenvalue weighted by Gasteiger charge is -2.23. The summed E-state index contributed by atoms with van der Waals surface area (Å²) in [6.07, 6.45) is -5.69. The van der Waals surface area contributed by atoms with E-state index >= 15 is 0 Å². The first-order chi connectivity index (χ1) is 15.7. The van der Waals surface area contributed by atoms with E-state index in [1.807, 2.05) is 0 Å². The molecule has 10 heteroatoms. The number of amides is 1. The van der Waals surface area contributed by atoms with Gasteiger partial charge in [0.15, 0.2) is 5.75 Å². The Morgan fingerprint density at radius 2 is 1.91 bits per heavy atom. The largest absolute Gasteiger partial charge is 0.455 e. The average Bonchev–Trinajstić information content (AvgIpc) is 2.93. The Labute approximate surface area is 186 Å². The number of hydrogen-bond donors (Lipinski definition) is 3. The molecule has 0 saturated carbocycles. The molecule has 0 saturated heterocycles. The number of hydrogen-bond acceptors (Lipinski definition) is 6. The third kappa shape index (κ3) is 4.76. The normalized spacial score (nSPS) is 14.0. The number of anilines is 1. The molecule has 4 N–H and O–H groups in total. The van der Waals surface area contributed by atoms with Gasteiger partial charge in [-0.3, -0.25) is 4.79 Å². The van der Waals surface area contributed by atoms with Gasteiger partial charge in [0.2, 0.25) is 5.91 Å². The number of alkyl halides is 3. The van der Waals surface area contributed by atoms with Crippen LogP contribution >= 0.6 is 0 Å². The number of aliphatic hydroxyl groups excluding tert-OH is 2. The van der Waals surface area contributed by atoms with Crippen molar-refractivity contribution in [2.45, 2.75) is 18.8 Å². The Morgan fingerprint density at radius 3 is 2.61 bits per heavy atom. The quantitative estimate of drug-likeness (QED) is 0.540. The van der Waals surface area contributed by atoms with E-state index < -0.39 is 30.4 Å². The smallest absolute Gasteiger partial charge is 0.416 e. The number of carbonyl (C=O) groups is 1.